The Morgan fingerprint density at radius 2 is 2.21 bits per heavy atom. The van der Waals surface area contributed by atoms with Crippen LogP contribution in [0.15, 0.2) is 45.1 Å². The quantitative estimate of drug-likeness (QED) is 0.822. The Balaban J connectivity index is 2.33. The zero-order valence-electron chi connectivity index (χ0n) is 7.31. The molecule has 14 heavy (non-hydrogen) atoms. The van der Waals surface area contributed by atoms with Crippen molar-refractivity contribution >= 4 is 27.3 Å². The molecule has 2 rings (SSSR count). The van der Waals surface area contributed by atoms with Gasteiger partial charge in [-0.1, -0.05) is 6.07 Å². The van der Waals surface area contributed by atoms with E-state index in [1.165, 1.54) is 4.88 Å². The highest BCUT2D eigenvalue weighted by atomic mass is 79.9. The van der Waals surface area contributed by atoms with E-state index >= 15 is 0 Å². The van der Waals surface area contributed by atoms with Gasteiger partial charge in [0.1, 0.15) is 0 Å². The van der Waals surface area contributed by atoms with E-state index in [9.17, 15) is 4.79 Å². The summed E-state index contributed by atoms with van der Waals surface area (Å²) in [5, 5.41) is 2.01. The summed E-state index contributed by atoms with van der Waals surface area (Å²) in [4.78, 5) is 12.6. The zero-order chi connectivity index (χ0) is 9.97. The Hall–Kier alpha value is -0.870. The molecule has 0 radical (unpaired) electrons. The van der Waals surface area contributed by atoms with Gasteiger partial charge < -0.3 is 4.57 Å². The van der Waals surface area contributed by atoms with Gasteiger partial charge in [0.2, 0.25) is 0 Å². The van der Waals surface area contributed by atoms with Crippen molar-refractivity contribution in [2.75, 3.05) is 0 Å². The number of thiophene rings is 1. The number of rotatable bonds is 2. The van der Waals surface area contributed by atoms with Gasteiger partial charge in [0, 0.05) is 21.6 Å². The fourth-order valence-corrected chi connectivity index (χ4v) is 2.28. The second-order valence-electron chi connectivity index (χ2n) is 2.89. The van der Waals surface area contributed by atoms with E-state index in [1.54, 1.807) is 28.0 Å². The molecule has 2 nitrogen and oxygen atoms in total. The van der Waals surface area contributed by atoms with Crippen LogP contribution in [0.25, 0.3) is 0 Å². The van der Waals surface area contributed by atoms with Gasteiger partial charge in [-0.25, -0.2) is 0 Å². The molecule has 2 aromatic heterocycles. The van der Waals surface area contributed by atoms with E-state index in [0.717, 1.165) is 4.47 Å². The van der Waals surface area contributed by atoms with Gasteiger partial charge in [0.05, 0.1) is 6.54 Å². The maximum atomic E-state index is 11.4. The summed E-state index contributed by atoms with van der Waals surface area (Å²) in [6, 6.07) is 7.34. The van der Waals surface area contributed by atoms with Crippen molar-refractivity contribution in [2.45, 2.75) is 6.54 Å². The Morgan fingerprint density at radius 1 is 1.36 bits per heavy atom. The van der Waals surface area contributed by atoms with Crippen molar-refractivity contribution < 1.29 is 0 Å². The van der Waals surface area contributed by atoms with Crippen LogP contribution in [0, 0.1) is 0 Å². The first kappa shape index (κ1) is 9.68. The van der Waals surface area contributed by atoms with Crippen LogP contribution in [0.1, 0.15) is 4.88 Å². The lowest BCUT2D eigenvalue weighted by Crippen LogP contribution is -2.18. The maximum Gasteiger partial charge on any atom is 0.250 e. The molecule has 0 amide bonds. The van der Waals surface area contributed by atoms with Gasteiger partial charge >= 0.3 is 0 Å². The first-order valence-electron chi connectivity index (χ1n) is 4.14. The molecular formula is C10H8BrNOS. The zero-order valence-corrected chi connectivity index (χ0v) is 9.72. The predicted octanol–water partition coefficient (Wildman–Crippen LogP) is 2.72. The highest BCUT2D eigenvalue weighted by molar-refractivity contribution is 9.10. The second kappa shape index (κ2) is 4.11. The maximum absolute atomic E-state index is 11.4. The summed E-state index contributed by atoms with van der Waals surface area (Å²) in [5.41, 5.74) is 0.0293. The van der Waals surface area contributed by atoms with E-state index < -0.39 is 0 Å². The first-order valence-corrected chi connectivity index (χ1v) is 5.81. The van der Waals surface area contributed by atoms with Crippen molar-refractivity contribution in [1.82, 2.24) is 4.57 Å². The third-order valence-corrected chi connectivity index (χ3v) is 3.18. The molecule has 0 spiro atoms. The molecule has 4 heteroatoms. The topological polar surface area (TPSA) is 22.0 Å². The minimum Gasteiger partial charge on any atom is -0.309 e. The molecule has 0 fully saturated rings. The van der Waals surface area contributed by atoms with Gasteiger partial charge in [-0.2, -0.15) is 0 Å². The van der Waals surface area contributed by atoms with Crippen molar-refractivity contribution in [3.8, 4) is 0 Å². The number of aromatic nitrogens is 1. The fraction of sp³-hybridized carbons (Fsp3) is 0.100. The number of halogens is 1. The molecule has 0 aliphatic rings. The monoisotopic (exact) mass is 269 g/mol. The molecule has 0 bridgehead atoms. The Kier molecular flexibility index (Phi) is 2.84. The summed E-state index contributed by atoms with van der Waals surface area (Å²) in [6.07, 6.45) is 1.81. The normalized spacial score (nSPS) is 10.4. The lowest BCUT2D eigenvalue weighted by atomic mass is 10.4. The van der Waals surface area contributed by atoms with Crippen molar-refractivity contribution in [3.05, 3.63) is 55.5 Å². The van der Waals surface area contributed by atoms with Gasteiger partial charge in [-0.15, -0.1) is 11.3 Å². The highest BCUT2D eigenvalue weighted by Crippen LogP contribution is 2.11. The molecule has 2 aromatic rings. The standard InChI is InChI=1S/C10H8BrNOS/c11-8-3-4-10(13)12(6-8)7-9-2-1-5-14-9/h1-6H,7H2. The van der Waals surface area contributed by atoms with Gasteiger partial charge in [0.15, 0.2) is 0 Å². The molecule has 72 valence electrons. The van der Waals surface area contributed by atoms with Crippen molar-refractivity contribution in [3.63, 3.8) is 0 Å². The van der Waals surface area contributed by atoms with E-state index in [-0.39, 0.29) is 5.56 Å². The van der Waals surface area contributed by atoms with Crippen LogP contribution < -0.4 is 5.56 Å². The smallest absolute Gasteiger partial charge is 0.250 e. The molecule has 0 N–H and O–H groups in total. The molecule has 2 heterocycles. The van der Waals surface area contributed by atoms with Crippen LogP contribution in [-0.2, 0) is 6.54 Å². The van der Waals surface area contributed by atoms with Crippen LogP contribution in [0.4, 0.5) is 0 Å². The molecule has 0 atom stereocenters. The Bertz CT molecular complexity index is 475. The molecule has 0 saturated heterocycles. The predicted molar refractivity (Wildman–Crippen MR) is 61.8 cm³/mol. The number of nitrogens with zero attached hydrogens (tertiary/aromatic N) is 1. The lowest BCUT2D eigenvalue weighted by Gasteiger charge is -2.03. The lowest BCUT2D eigenvalue weighted by molar-refractivity contribution is 0.766. The van der Waals surface area contributed by atoms with Gasteiger partial charge in [0.25, 0.3) is 5.56 Å². The van der Waals surface area contributed by atoms with Gasteiger partial charge in [-0.3, -0.25) is 4.79 Å². The third kappa shape index (κ3) is 2.13. The van der Waals surface area contributed by atoms with E-state index in [0.29, 0.717) is 6.54 Å². The average Bonchev–Trinajstić information content (AvgIpc) is 2.64. The second-order valence-corrected chi connectivity index (χ2v) is 4.84. The van der Waals surface area contributed by atoms with Gasteiger partial charge in [-0.05, 0) is 33.4 Å². The fourth-order valence-electron chi connectivity index (χ4n) is 1.20. The Labute approximate surface area is 94.0 Å². The third-order valence-electron chi connectivity index (χ3n) is 1.85. The van der Waals surface area contributed by atoms with Crippen LogP contribution >= 0.6 is 27.3 Å². The first-order chi connectivity index (χ1) is 6.75. The summed E-state index contributed by atoms with van der Waals surface area (Å²) in [5.74, 6) is 0. The van der Waals surface area contributed by atoms with Crippen molar-refractivity contribution in [1.29, 1.82) is 0 Å². The summed E-state index contributed by atoms with van der Waals surface area (Å²) in [7, 11) is 0. The summed E-state index contributed by atoms with van der Waals surface area (Å²) in [6.45, 7) is 0.649. The molecule has 0 aromatic carbocycles. The highest BCUT2D eigenvalue weighted by Gasteiger charge is 1.98. The molecular weight excluding hydrogens is 262 g/mol. The van der Waals surface area contributed by atoms with Crippen molar-refractivity contribution in [2.24, 2.45) is 0 Å². The molecule has 0 unspecified atom stereocenters. The summed E-state index contributed by atoms with van der Waals surface area (Å²) < 4.78 is 2.62. The molecule has 0 saturated carbocycles. The molecule has 0 aliphatic heterocycles. The SMILES string of the molecule is O=c1ccc(Br)cn1Cc1cccs1. The van der Waals surface area contributed by atoms with Crippen LogP contribution in [0.2, 0.25) is 0 Å². The largest absolute Gasteiger partial charge is 0.309 e. The van der Waals surface area contributed by atoms with Crippen LogP contribution in [-0.4, -0.2) is 4.57 Å². The Morgan fingerprint density at radius 3 is 2.93 bits per heavy atom. The van der Waals surface area contributed by atoms with E-state index in [4.69, 9.17) is 0 Å². The minimum atomic E-state index is 0.0293. The van der Waals surface area contributed by atoms with E-state index in [1.807, 2.05) is 23.7 Å². The van der Waals surface area contributed by atoms with Crippen LogP contribution in [0.5, 0.6) is 0 Å². The minimum absolute atomic E-state index is 0.0293. The number of pyridine rings is 1. The van der Waals surface area contributed by atoms with E-state index in [2.05, 4.69) is 15.9 Å². The number of hydrogen-bond donors (Lipinski definition) is 0. The molecule has 0 aliphatic carbocycles. The average molecular weight is 270 g/mol. The number of hydrogen-bond acceptors (Lipinski definition) is 2. The van der Waals surface area contributed by atoms with Crippen LogP contribution in [0.3, 0.4) is 0 Å². The summed E-state index contributed by atoms with van der Waals surface area (Å²) >= 11 is 5.00.